The number of anilines is 1. The molecule has 1 atom stereocenters. The minimum absolute atomic E-state index is 0.00413. The Bertz CT molecular complexity index is 841. The highest BCUT2D eigenvalue weighted by Crippen LogP contribution is 2.35. The molecule has 138 valence electrons. The Balaban J connectivity index is 2.06. The van der Waals surface area contributed by atoms with E-state index in [9.17, 15) is 9.59 Å². The van der Waals surface area contributed by atoms with Gasteiger partial charge in [0.05, 0.1) is 23.4 Å². The summed E-state index contributed by atoms with van der Waals surface area (Å²) in [6, 6.07) is 7.51. The van der Waals surface area contributed by atoms with Gasteiger partial charge in [-0.2, -0.15) is 0 Å². The predicted octanol–water partition coefficient (Wildman–Crippen LogP) is 3.78. The molecule has 1 aliphatic rings. The van der Waals surface area contributed by atoms with Gasteiger partial charge in [-0.1, -0.05) is 19.1 Å². The van der Waals surface area contributed by atoms with E-state index in [4.69, 9.17) is 4.74 Å². The lowest BCUT2D eigenvalue weighted by molar-refractivity contribution is 0.0525. The summed E-state index contributed by atoms with van der Waals surface area (Å²) in [5, 5.41) is 3.45. The van der Waals surface area contributed by atoms with Crippen LogP contribution in [0, 0.1) is 13.8 Å². The van der Waals surface area contributed by atoms with Crippen LogP contribution in [0.3, 0.4) is 0 Å². The van der Waals surface area contributed by atoms with Crippen LogP contribution < -0.4 is 5.32 Å². The number of amides is 1. The van der Waals surface area contributed by atoms with Gasteiger partial charge in [0.2, 0.25) is 0 Å². The summed E-state index contributed by atoms with van der Waals surface area (Å²) >= 11 is 0. The van der Waals surface area contributed by atoms with E-state index in [-0.39, 0.29) is 18.0 Å². The third-order valence-corrected chi connectivity index (χ3v) is 4.72. The lowest BCUT2D eigenvalue weighted by atomic mass is 10.0. The fourth-order valence-electron chi connectivity index (χ4n) is 3.55. The van der Waals surface area contributed by atoms with Crippen LogP contribution in [0.2, 0.25) is 0 Å². The second kappa shape index (κ2) is 7.23. The van der Waals surface area contributed by atoms with Crippen molar-refractivity contribution in [3.05, 3.63) is 52.3 Å². The zero-order valence-electron chi connectivity index (χ0n) is 15.7. The van der Waals surface area contributed by atoms with Crippen molar-refractivity contribution in [3.63, 3.8) is 0 Å². The number of benzene rings is 1. The number of para-hydroxylation sites is 1. The number of carbonyl (C=O) groups is 2. The summed E-state index contributed by atoms with van der Waals surface area (Å²) < 4.78 is 5.18. The molecule has 26 heavy (non-hydrogen) atoms. The summed E-state index contributed by atoms with van der Waals surface area (Å²) in [5.41, 5.74) is 4.41. The van der Waals surface area contributed by atoms with Crippen LogP contribution >= 0.6 is 0 Å². The lowest BCUT2D eigenvalue weighted by Gasteiger charge is -2.37. The van der Waals surface area contributed by atoms with Gasteiger partial charge < -0.3 is 19.9 Å². The number of aromatic amines is 1. The number of H-pyrrole nitrogens is 1. The molecule has 2 heterocycles. The standard InChI is InChI=1S/C20H25N3O3/c1-5-11-23-18(22-15-10-8-7-9-14(15)19(23)24)17-12(3)16(13(4)21-17)20(25)26-6-2/h7-10,18,21-22H,5-6,11H2,1-4H3/t18-/m1/s1. The van der Waals surface area contributed by atoms with E-state index in [1.165, 1.54) is 0 Å². The molecule has 6 heteroatoms. The second-order valence-corrected chi connectivity index (χ2v) is 6.48. The third-order valence-electron chi connectivity index (χ3n) is 4.72. The molecule has 0 bridgehead atoms. The van der Waals surface area contributed by atoms with E-state index in [2.05, 4.69) is 10.3 Å². The summed E-state index contributed by atoms with van der Waals surface area (Å²) in [4.78, 5) is 30.4. The average Bonchev–Trinajstić information content (AvgIpc) is 2.92. The van der Waals surface area contributed by atoms with Gasteiger partial charge >= 0.3 is 5.97 Å². The maximum atomic E-state index is 13.0. The summed E-state index contributed by atoms with van der Waals surface area (Å²) in [5.74, 6) is -0.342. The zero-order valence-corrected chi connectivity index (χ0v) is 15.7. The normalized spacial score (nSPS) is 16.2. The van der Waals surface area contributed by atoms with Gasteiger partial charge in [0.15, 0.2) is 0 Å². The molecule has 1 amide bonds. The molecule has 0 radical (unpaired) electrons. The number of nitrogens with zero attached hydrogens (tertiary/aromatic N) is 1. The first-order valence-corrected chi connectivity index (χ1v) is 9.02. The molecule has 0 saturated heterocycles. The van der Waals surface area contributed by atoms with Gasteiger partial charge in [-0.3, -0.25) is 4.79 Å². The van der Waals surface area contributed by atoms with Gasteiger partial charge in [0.25, 0.3) is 5.91 Å². The molecule has 0 unspecified atom stereocenters. The fourth-order valence-corrected chi connectivity index (χ4v) is 3.55. The van der Waals surface area contributed by atoms with Crippen LogP contribution in [0.1, 0.15) is 64.1 Å². The van der Waals surface area contributed by atoms with E-state index in [1.807, 2.05) is 49.9 Å². The SMILES string of the molecule is CCCN1C(=O)c2ccccc2N[C@H]1c1[nH]c(C)c(C(=O)OCC)c1C. The summed E-state index contributed by atoms with van der Waals surface area (Å²) in [6.07, 6.45) is 0.495. The van der Waals surface area contributed by atoms with Crippen LogP contribution in [0.15, 0.2) is 24.3 Å². The van der Waals surface area contributed by atoms with Gasteiger partial charge in [-0.05, 0) is 44.9 Å². The Labute approximate surface area is 153 Å². The zero-order chi connectivity index (χ0) is 18.8. The number of aryl methyl sites for hydroxylation is 1. The molecule has 2 N–H and O–H groups in total. The first-order chi connectivity index (χ1) is 12.5. The number of nitrogens with one attached hydrogen (secondary N) is 2. The highest BCUT2D eigenvalue weighted by atomic mass is 16.5. The molecule has 0 saturated carbocycles. The van der Waals surface area contributed by atoms with Crippen molar-refractivity contribution >= 4 is 17.6 Å². The van der Waals surface area contributed by atoms with E-state index < -0.39 is 0 Å². The van der Waals surface area contributed by atoms with Crippen molar-refractivity contribution in [1.82, 2.24) is 9.88 Å². The topological polar surface area (TPSA) is 74.4 Å². The molecule has 1 aromatic carbocycles. The number of hydrogen-bond donors (Lipinski definition) is 2. The Kier molecular flexibility index (Phi) is 5.02. The quantitative estimate of drug-likeness (QED) is 0.801. The molecular weight excluding hydrogens is 330 g/mol. The van der Waals surface area contributed by atoms with Crippen molar-refractivity contribution in [1.29, 1.82) is 0 Å². The monoisotopic (exact) mass is 355 g/mol. The molecular formula is C20H25N3O3. The maximum absolute atomic E-state index is 13.0. The Morgan fingerprint density at radius 2 is 1.96 bits per heavy atom. The van der Waals surface area contributed by atoms with Gasteiger partial charge in [0.1, 0.15) is 6.17 Å². The highest BCUT2D eigenvalue weighted by molar-refractivity contribution is 6.02. The molecule has 3 rings (SSSR count). The maximum Gasteiger partial charge on any atom is 0.340 e. The van der Waals surface area contributed by atoms with Crippen LogP contribution in [-0.4, -0.2) is 34.9 Å². The molecule has 1 aromatic heterocycles. The number of fused-ring (bicyclic) bond motifs is 1. The van der Waals surface area contributed by atoms with Gasteiger partial charge in [0, 0.05) is 17.9 Å². The number of carbonyl (C=O) groups excluding carboxylic acids is 2. The first-order valence-electron chi connectivity index (χ1n) is 9.02. The van der Waals surface area contributed by atoms with Crippen LogP contribution in [-0.2, 0) is 4.74 Å². The number of esters is 1. The summed E-state index contributed by atoms with van der Waals surface area (Å²) in [6.45, 7) is 8.53. The minimum Gasteiger partial charge on any atom is -0.462 e. The third kappa shape index (κ3) is 2.96. The van der Waals surface area contributed by atoms with Crippen LogP contribution in [0.5, 0.6) is 0 Å². The van der Waals surface area contributed by atoms with E-state index in [0.717, 1.165) is 29.1 Å². The van der Waals surface area contributed by atoms with Crippen molar-refractivity contribution in [2.24, 2.45) is 0 Å². The summed E-state index contributed by atoms with van der Waals surface area (Å²) in [7, 11) is 0. The smallest absolute Gasteiger partial charge is 0.340 e. The van der Waals surface area contributed by atoms with Crippen LogP contribution in [0.4, 0.5) is 5.69 Å². The number of rotatable bonds is 5. The Morgan fingerprint density at radius 1 is 1.23 bits per heavy atom. The Morgan fingerprint density at radius 3 is 2.65 bits per heavy atom. The number of hydrogen-bond acceptors (Lipinski definition) is 4. The molecule has 1 aliphatic heterocycles. The molecule has 0 fully saturated rings. The van der Waals surface area contributed by atoms with Crippen molar-refractivity contribution in [2.75, 3.05) is 18.5 Å². The lowest BCUT2D eigenvalue weighted by Crippen LogP contribution is -2.43. The van der Waals surface area contributed by atoms with Gasteiger partial charge in [-0.15, -0.1) is 0 Å². The first kappa shape index (κ1) is 18.0. The van der Waals surface area contributed by atoms with E-state index in [0.29, 0.717) is 24.3 Å². The van der Waals surface area contributed by atoms with Crippen molar-refractivity contribution < 1.29 is 14.3 Å². The Hall–Kier alpha value is -2.76. The van der Waals surface area contributed by atoms with Crippen molar-refractivity contribution in [2.45, 2.75) is 40.3 Å². The molecule has 6 nitrogen and oxygen atoms in total. The minimum atomic E-state index is -0.348. The molecule has 0 spiro atoms. The van der Waals surface area contributed by atoms with Crippen molar-refractivity contribution in [3.8, 4) is 0 Å². The van der Waals surface area contributed by atoms with E-state index >= 15 is 0 Å². The largest absolute Gasteiger partial charge is 0.462 e. The molecule has 0 aliphatic carbocycles. The second-order valence-electron chi connectivity index (χ2n) is 6.48. The molecule has 2 aromatic rings. The predicted molar refractivity (Wildman–Crippen MR) is 100 cm³/mol. The van der Waals surface area contributed by atoms with Gasteiger partial charge in [-0.25, -0.2) is 4.79 Å². The fraction of sp³-hybridized carbons (Fsp3) is 0.400. The van der Waals surface area contributed by atoms with Crippen LogP contribution in [0.25, 0.3) is 0 Å². The average molecular weight is 355 g/mol. The number of aromatic nitrogens is 1. The highest BCUT2D eigenvalue weighted by Gasteiger charge is 2.35. The number of ether oxygens (including phenoxy) is 1. The van der Waals surface area contributed by atoms with E-state index in [1.54, 1.807) is 6.92 Å².